The molecule has 0 heterocycles. The second-order valence-electron chi connectivity index (χ2n) is 10.8. The predicted octanol–water partition coefficient (Wildman–Crippen LogP) is 6.80. The summed E-state index contributed by atoms with van der Waals surface area (Å²) in [6.45, 7) is 6.62. The van der Waals surface area contributed by atoms with E-state index in [0.717, 1.165) is 38.5 Å². The van der Waals surface area contributed by atoms with Gasteiger partial charge in [-0.25, -0.2) is 0 Å². The molecule has 235 valence electrons. The van der Waals surface area contributed by atoms with Gasteiger partial charge in [0.15, 0.2) is 0 Å². The predicted molar refractivity (Wildman–Crippen MR) is 157 cm³/mol. The van der Waals surface area contributed by atoms with Gasteiger partial charge in [0.05, 0.1) is 0 Å². The third kappa shape index (κ3) is 57.6. The molecule has 0 unspecified atom stereocenters. The van der Waals surface area contributed by atoms with E-state index < -0.39 is 17.9 Å². The second kappa shape index (κ2) is 43.2. The van der Waals surface area contributed by atoms with Crippen LogP contribution in [0.4, 0.5) is 0 Å². The van der Waals surface area contributed by atoms with Crippen LogP contribution >= 0.6 is 0 Å². The molecule has 0 rings (SSSR count). The third-order valence-corrected chi connectivity index (χ3v) is 6.70. The first-order valence-corrected chi connectivity index (χ1v) is 16.4. The molecule has 0 aromatic heterocycles. The maximum Gasteiger partial charge on any atom is 3.00 e. The minimum Gasteiger partial charge on any atom is -0.550 e. The molecular weight excluding hydrogens is 632 g/mol. The molecule has 6 nitrogen and oxygen atoms in total. The van der Waals surface area contributed by atoms with E-state index in [1.807, 2.05) is 0 Å². The molecule has 0 amide bonds. The Balaban J connectivity index is -0.000000240. The van der Waals surface area contributed by atoms with Crippen molar-refractivity contribution < 1.29 is 71.5 Å². The number of carboxylic acid groups (broad SMARTS) is 3. The Morgan fingerprint density at radius 1 is 0.325 bits per heavy atom. The molecule has 0 fully saturated rings. The zero-order valence-corrected chi connectivity index (χ0v) is 29.7. The summed E-state index contributed by atoms with van der Waals surface area (Å²) in [5, 5.41) is 30.2. The van der Waals surface area contributed by atoms with Gasteiger partial charge in [0.2, 0.25) is 0 Å². The Labute approximate surface area is 281 Å². The first kappa shape index (κ1) is 46.7. The Bertz CT molecular complexity index is 442. The van der Waals surface area contributed by atoms with Gasteiger partial charge in [-0.2, -0.15) is 0 Å². The molecule has 0 aromatic carbocycles. The van der Waals surface area contributed by atoms with Crippen molar-refractivity contribution in [3.63, 3.8) is 0 Å². The molecule has 0 aromatic rings. The molecular formula is C33H63CeO6. The zero-order chi connectivity index (χ0) is 29.8. The minimum absolute atomic E-state index is 0. The number of hydrogen-bond acceptors (Lipinski definition) is 6. The summed E-state index contributed by atoms with van der Waals surface area (Å²) in [7, 11) is 0. The van der Waals surface area contributed by atoms with Gasteiger partial charge >= 0.3 is 41.7 Å². The summed E-state index contributed by atoms with van der Waals surface area (Å²) in [6, 6.07) is 0. The summed E-state index contributed by atoms with van der Waals surface area (Å²) in [6.07, 6.45) is 29.2. The molecule has 0 saturated heterocycles. The normalized spacial score (nSPS) is 9.97. The Morgan fingerprint density at radius 2 is 0.475 bits per heavy atom. The van der Waals surface area contributed by atoms with Crippen LogP contribution < -0.4 is 15.3 Å². The van der Waals surface area contributed by atoms with E-state index >= 15 is 0 Å². The van der Waals surface area contributed by atoms with Crippen molar-refractivity contribution in [2.45, 2.75) is 194 Å². The van der Waals surface area contributed by atoms with Crippen LogP contribution in [0.2, 0.25) is 0 Å². The van der Waals surface area contributed by atoms with E-state index in [9.17, 15) is 29.7 Å². The Hall–Kier alpha value is -0.213. The summed E-state index contributed by atoms with van der Waals surface area (Å²) in [4.78, 5) is 30.2. The fourth-order valence-electron chi connectivity index (χ4n) is 4.21. The number of carboxylic acids is 3. The number of aliphatic carboxylic acids is 3. The van der Waals surface area contributed by atoms with E-state index in [1.165, 1.54) is 116 Å². The van der Waals surface area contributed by atoms with E-state index in [4.69, 9.17) is 0 Å². The average molecular weight is 696 g/mol. The Kier molecular flexibility index (Phi) is 50.5. The minimum atomic E-state index is -0.911. The number of unbranched alkanes of at least 4 members (excludes halogenated alkanes) is 21. The van der Waals surface area contributed by atoms with Crippen LogP contribution in [0.25, 0.3) is 0 Å². The topological polar surface area (TPSA) is 120 Å². The van der Waals surface area contributed by atoms with Crippen LogP contribution in [0.3, 0.4) is 0 Å². The standard InChI is InChI=1S/3C11H22O2.Ce/c3*1-2-3-4-5-6-7-8-9-10-11(12)13;/h3*2-10H2,1H3,(H,12,13);/q;;;+3/p-3. The van der Waals surface area contributed by atoms with Crippen molar-refractivity contribution in [2.24, 2.45) is 0 Å². The fourth-order valence-corrected chi connectivity index (χ4v) is 4.21. The van der Waals surface area contributed by atoms with Gasteiger partial charge < -0.3 is 29.7 Å². The number of rotatable bonds is 27. The molecule has 0 spiro atoms. The maximum absolute atomic E-state index is 10.1. The quantitative estimate of drug-likeness (QED) is 0.0872. The smallest absolute Gasteiger partial charge is 0.550 e. The monoisotopic (exact) mass is 695 g/mol. The summed E-state index contributed by atoms with van der Waals surface area (Å²) < 4.78 is 0. The van der Waals surface area contributed by atoms with Crippen LogP contribution in [-0.4, -0.2) is 17.9 Å². The molecule has 0 atom stereocenters. The van der Waals surface area contributed by atoms with Crippen molar-refractivity contribution in [2.75, 3.05) is 0 Å². The number of carbonyl (C=O) groups excluding carboxylic acids is 3. The second-order valence-corrected chi connectivity index (χ2v) is 10.8. The van der Waals surface area contributed by atoms with E-state index in [0.29, 0.717) is 0 Å². The molecule has 0 N–H and O–H groups in total. The van der Waals surface area contributed by atoms with Crippen LogP contribution in [-0.2, 0) is 14.4 Å². The first-order chi connectivity index (χ1) is 18.8. The maximum atomic E-state index is 10.1. The van der Waals surface area contributed by atoms with Crippen LogP contribution in [0, 0.1) is 41.7 Å². The van der Waals surface area contributed by atoms with E-state index in [-0.39, 0.29) is 61.0 Å². The molecule has 0 bridgehead atoms. The van der Waals surface area contributed by atoms with Gasteiger partial charge in [0, 0.05) is 17.9 Å². The van der Waals surface area contributed by atoms with Gasteiger partial charge in [0.25, 0.3) is 0 Å². The fraction of sp³-hybridized carbons (Fsp3) is 0.909. The SMILES string of the molecule is CCCCCCCCCCC(=O)[O-].CCCCCCCCCCC(=O)[O-].CCCCCCCCCCC(=O)[O-].[Ce+3]. The van der Waals surface area contributed by atoms with E-state index in [1.54, 1.807) is 0 Å². The number of carbonyl (C=O) groups is 3. The average Bonchev–Trinajstić information content (AvgIpc) is 2.89. The summed E-state index contributed by atoms with van der Waals surface area (Å²) >= 11 is 0. The van der Waals surface area contributed by atoms with Crippen LogP contribution in [0.5, 0.6) is 0 Å². The van der Waals surface area contributed by atoms with Gasteiger partial charge in [-0.05, 0) is 38.5 Å². The van der Waals surface area contributed by atoms with E-state index in [2.05, 4.69) is 20.8 Å². The zero-order valence-electron chi connectivity index (χ0n) is 26.5. The summed E-state index contributed by atoms with van der Waals surface area (Å²) in [5.74, 6) is -2.73. The largest absolute Gasteiger partial charge is 3.00 e. The summed E-state index contributed by atoms with van der Waals surface area (Å²) in [5.41, 5.74) is 0. The van der Waals surface area contributed by atoms with Gasteiger partial charge in [0.1, 0.15) is 0 Å². The molecule has 0 aliphatic heterocycles. The molecule has 0 aliphatic rings. The van der Waals surface area contributed by atoms with Crippen LogP contribution in [0.1, 0.15) is 194 Å². The molecule has 0 saturated carbocycles. The van der Waals surface area contributed by atoms with Crippen molar-refractivity contribution >= 4 is 17.9 Å². The molecule has 0 aliphatic carbocycles. The van der Waals surface area contributed by atoms with Gasteiger partial charge in [-0.15, -0.1) is 0 Å². The van der Waals surface area contributed by atoms with Crippen molar-refractivity contribution in [3.8, 4) is 0 Å². The Morgan fingerprint density at radius 3 is 0.625 bits per heavy atom. The molecule has 40 heavy (non-hydrogen) atoms. The van der Waals surface area contributed by atoms with Crippen molar-refractivity contribution in [1.82, 2.24) is 0 Å². The molecule has 7 heteroatoms. The van der Waals surface area contributed by atoms with Gasteiger partial charge in [-0.3, -0.25) is 0 Å². The molecule has 1 radical (unpaired) electrons. The van der Waals surface area contributed by atoms with Crippen molar-refractivity contribution in [1.29, 1.82) is 0 Å². The third-order valence-electron chi connectivity index (χ3n) is 6.70. The van der Waals surface area contributed by atoms with Crippen molar-refractivity contribution in [3.05, 3.63) is 0 Å². The first-order valence-electron chi connectivity index (χ1n) is 16.4. The number of hydrogen-bond donors (Lipinski definition) is 0. The van der Waals surface area contributed by atoms with Crippen LogP contribution in [0.15, 0.2) is 0 Å². The van der Waals surface area contributed by atoms with Gasteiger partial charge in [-0.1, -0.05) is 156 Å².